The molecule has 12 nitrogen and oxygen atoms in total. The minimum atomic E-state index is -1.43. The van der Waals surface area contributed by atoms with Gasteiger partial charge in [0.15, 0.2) is 17.8 Å². The number of aliphatic hydroxyl groups is 4. The van der Waals surface area contributed by atoms with Crippen molar-refractivity contribution in [1.82, 2.24) is 0 Å². The Hall–Kier alpha value is -6.33. The maximum absolute atomic E-state index is 15.3. The maximum atomic E-state index is 15.3. The van der Waals surface area contributed by atoms with Gasteiger partial charge in [-0.15, -0.1) is 0 Å². The van der Waals surface area contributed by atoms with E-state index in [4.69, 9.17) is 23.4 Å². The molecule has 5 aromatic rings. The third-order valence-corrected chi connectivity index (χ3v) is 15.8. The van der Waals surface area contributed by atoms with Crippen LogP contribution in [0.4, 0.5) is 0 Å². The van der Waals surface area contributed by atoms with Gasteiger partial charge in [-0.2, -0.15) is 0 Å². The van der Waals surface area contributed by atoms with Gasteiger partial charge in [0, 0.05) is 52.7 Å². The molecule has 5 heterocycles. The lowest BCUT2D eigenvalue weighted by molar-refractivity contribution is -0.190. The fraction of sp³-hybridized carbons (Fsp3) is 0.407. The van der Waals surface area contributed by atoms with E-state index in [0.717, 1.165) is 41.5 Å². The van der Waals surface area contributed by atoms with Crippen LogP contribution in [0.1, 0.15) is 133 Å². The molecule has 368 valence electrons. The standard InChI is InChI=1S/C59H60O12/c1-35(31-61)44-15-13-37-14-17-48-46(28-37)39-12-7-22-58(2)55(70-56(44)65)54(52-49(71-58)18-16-45-47(32-62)51(57(66)69-53(45)52)42(21-25-60)33-67-34-63)68-50(64)30-43-29-41(20-24-59(43,48)23-19-39)40-11-6-10-38(27-40)26-36-8-4-3-5-9-36/h3-6,8-11,14,16-18,20,24,27-28,39,41-43,54-55,60-63H,13,15,19,21-23,25-26,29-34H2,1-2H3/b44-35-/t39-,41+,42+,43+,54+,55-,58+,59+/m0/s1. The zero-order valence-electron chi connectivity index (χ0n) is 40.2. The summed E-state index contributed by atoms with van der Waals surface area (Å²) >= 11 is 0. The highest BCUT2D eigenvalue weighted by molar-refractivity contribution is 5.90. The Morgan fingerprint density at radius 1 is 0.930 bits per heavy atom. The summed E-state index contributed by atoms with van der Waals surface area (Å²) in [4.78, 5) is 44.4. The molecule has 4 aliphatic heterocycles. The summed E-state index contributed by atoms with van der Waals surface area (Å²) in [5, 5.41) is 41.3. The lowest BCUT2D eigenvalue weighted by atomic mass is 9.55. The number of fused-ring (bicyclic) bond motifs is 7. The van der Waals surface area contributed by atoms with Gasteiger partial charge in [-0.05, 0) is 121 Å². The average molecular weight is 961 g/mol. The van der Waals surface area contributed by atoms with Gasteiger partial charge >= 0.3 is 17.6 Å². The Balaban J connectivity index is 1.16. The van der Waals surface area contributed by atoms with Gasteiger partial charge < -0.3 is 43.8 Å². The van der Waals surface area contributed by atoms with Crippen molar-refractivity contribution in [2.45, 2.75) is 119 Å². The Morgan fingerprint density at radius 3 is 2.55 bits per heavy atom. The van der Waals surface area contributed by atoms with Gasteiger partial charge in [0.1, 0.15) is 18.1 Å². The Labute approximate surface area is 412 Å². The SMILES string of the molecule is C/C(CO)=C1\CCc2ccc3c(c2)[C@H]2C#CC[C@@]4(C)Oc5ccc6c(CO)c([C@H](CCO)COCO)c(=O)oc6c5[C@@H](OC(=O)C[C@H]5C[C@H](c6cccc(Cc7ccccc7)c6)C=C[C@@]35CC2)[C@@H]4OC1=O. The van der Waals surface area contributed by atoms with Crippen molar-refractivity contribution in [3.8, 4) is 17.6 Å². The number of aliphatic hydroxyl groups excluding tert-OH is 4. The van der Waals surface area contributed by atoms with Gasteiger partial charge in [0.05, 0.1) is 31.8 Å². The molecule has 1 aromatic heterocycles. The molecule has 4 N–H and O–H groups in total. The lowest BCUT2D eigenvalue weighted by Crippen LogP contribution is -2.54. The summed E-state index contributed by atoms with van der Waals surface area (Å²) in [7, 11) is 0. The first kappa shape index (κ1) is 48.3. The molecule has 0 unspecified atom stereocenters. The number of ether oxygens (including phenoxy) is 4. The number of esters is 2. The number of allylic oxidation sites excluding steroid dienone is 2. The van der Waals surface area contributed by atoms with E-state index in [1.54, 1.807) is 26.0 Å². The van der Waals surface area contributed by atoms with E-state index in [0.29, 0.717) is 23.8 Å². The second-order valence-electron chi connectivity index (χ2n) is 20.1. The zero-order chi connectivity index (χ0) is 49.4. The van der Waals surface area contributed by atoms with Crippen LogP contribution in [-0.2, 0) is 48.7 Å². The van der Waals surface area contributed by atoms with Gasteiger partial charge in [0.2, 0.25) is 0 Å². The van der Waals surface area contributed by atoms with Gasteiger partial charge in [-0.3, -0.25) is 4.79 Å². The van der Waals surface area contributed by atoms with Crippen molar-refractivity contribution in [1.29, 1.82) is 0 Å². The minimum absolute atomic E-state index is 0.00459. The highest BCUT2D eigenvalue weighted by Crippen LogP contribution is 2.56. The quantitative estimate of drug-likeness (QED) is 0.0249. The second kappa shape index (κ2) is 20.1. The van der Waals surface area contributed by atoms with Crippen LogP contribution in [0.3, 0.4) is 0 Å². The molecule has 8 atom stereocenters. The number of carbonyl (C=O) groups is 2. The van der Waals surface area contributed by atoms with Gasteiger partial charge in [0.25, 0.3) is 0 Å². The predicted octanol–water partition coefficient (Wildman–Crippen LogP) is 8.18. The van der Waals surface area contributed by atoms with Crippen molar-refractivity contribution >= 4 is 22.9 Å². The van der Waals surface area contributed by atoms with E-state index in [1.807, 2.05) is 18.2 Å². The van der Waals surface area contributed by atoms with Crippen LogP contribution >= 0.6 is 0 Å². The number of carbonyl (C=O) groups excluding carboxylic acids is 2. The number of aryl methyl sites for hydroxylation is 1. The zero-order valence-corrected chi connectivity index (χ0v) is 40.2. The molecule has 1 spiro atoms. The summed E-state index contributed by atoms with van der Waals surface area (Å²) in [6, 6.07) is 28.9. The summed E-state index contributed by atoms with van der Waals surface area (Å²) in [6.45, 7) is 1.38. The first-order valence-electron chi connectivity index (χ1n) is 24.8. The third-order valence-electron chi connectivity index (χ3n) is 15.8. The predicted molar refractivity (Wildman–Crippen MR) is 265 cm³/mol. The summed E-state index contributed by atoms with van der Waals surface area (Å²) < 4.78 is 31.8. The van der Waals surface area contributed by atoms with Crippen molar-refractivity contribution in [2.24, 2.45) is 5.92 Å². The first-order chi connectivity index (χ1) is 34.5. The van der Waals surface area contributed by atoms with Gasteiger partial charge in [-0.25, -0.2) is 9.59 Å². The molecule has 7 bridgehead atoms. The molecule has 4 aromatic carbocycles. The number of hydrogen-bond acceptors (Lipinski definition) is 12. The van der Waals surface area contributed by atoms with Gasteiger partial charge in [-0.1, -0.05) is 96.8 Å². The van der Waals surface area contributed by atoms with E-state index >= 15 is 4.79 Å². The molecule has 2 aliphatic carbocycles. The molecule has 0 saturated heterocycles. The highest BCUT2D eigenvalue weighted by atomic mass is 16.6. The fourth-order valence-electron chi connectivity index (χ4n) is 12.2. The Morgan fingerprint density at radius 2 is 1.76 bits per heavy atom. The Kier molecular flexibility index (Phi) is 13.6. The van der Waals surface area contributed by atoms with Crippen LogP contribution in [0.25, 0.3) is 11.0 Å². The summed E-state index contributed by atoms with van der Waals surface area (Å²) in [5.41, 5.74) is 5.08. The molecular weight excluding hydrogens is 901 g/mol. The van der Waals surface area contributed by atoms with Crippen molar-refractivity contribution < 1.29 is 53.4 Å². The van der Waals surface area contributed by atoms with Crippen LogP contribution in [-0.4, -0.2) is 70.7 Å². The van der Waals surface area contributed by atoms with E-state index in [1.165, 1.54) is 11.1 Å². The van der Waals surface area contributed by atoms with Crippen molar-refractivity contribution in [3.05, 3.63) is 169 Å². The molecule has 71 heavy (non-hydrogen) atoms. The minimum Gasteiger partial charge on any atom is -0.482 e. The van der Waals surface area contributed by atoms with E-state index in [9.17, 15) is 30.0 Å². The Bertz CT molecular complexity index is 3050. The van der Waals surface area contributed by atoms with Crippen LogP contribution < -0.4 is 10.4 Å². The van der Waals surface area contributed by atoms with E-state index in [2.05, 4.69) is 78.6 Å². The number of hydrogen-bond donors (Lipinski definition) is 4. The molecule has 0 saturated carbocycles. The number of benzene rings is 4. The van der Waals surface area contributed by atoms with Crippen LogP contribution in [0.2, 0.25) is 0 Å². The molecule has 12 heteroatoms. The topological polar surface area (TPSA) is 182 Å². The highest BCUT2D eigenvalue weighted by Gasteiger charge is 2.54. The smallest absolute Gasteiger partial charge is 0.340 e. The summed E-state index contributed by atoms with van der Waals surface area (Å²) in [5.74, 6) is 4.86. The largest absolute Gasteiger partial charge is 0.482 e. The third kappa shape index (κ3) is 9.04. The fourth-order valence-corrected chi connectivity index (χ4v) is 12.2. The monoisotopic (exact) mass is 960 g/mol. The number of rotatable bonds is 11. The molecular formula is C59H60O12. The summed E-state index contributed by atoms with van der Waals surface area (Å²) in [6.07, 6.45) is 5.67. The maximum Gasteiger partial charge on any atom is 0.340 e. The van der Waals surface area contributed by atoms with Crippen molar-refractivity contribution in [3.63, 3.8) is 0 Å². The molecule has 11 rings (SSSR count). The van der Waals surface area contributed by atoms with Crippen LogP contribution in [0.5, 0.6) is 5.75 Å². The molecule has 0 radical (unpaired) electrons. The lowest BCUT2D eigenvalue weighted by Gasteiger charge is -2.48. The van der Waals surface area contributed by atoms with Crippen LogP contribution in [0.15, 0.2) is 117 Å². The van der Waals surface area contributed by atoms with Crippen molar-refractivity contribution in [2.75, 3.05) is 26.6 Å². The first-order valence-corrected chi connectivity index (χ1v) is 24.8. The second-order valence-corrected chi connectivity index (χ2v) is 20.1. The normalized spacial score (nSPS) is 26.7. The average Bonchev–Trinajstić information content (AvgIpc) is 3.37. The molecule has 0 amide bonds. The molecule has 0 fully saturated rings. The van der Waals surface area contributed by atoms with E-state index in [-0.39, 0.29) is 96.9 Å². The van der Waals surface area contributed by atoms with E-state index < -0.39 is 60.1 Å². The van der Waals surface area contributed by atoms with Crippen LogP contribution in [0, 0.1) is 17.8 Å². The molecule has 6 aliphatic rings.